The van der Waals surface area contributed by atoms with Crippen molar-refractivity contribution in [2.24, 2.45) is 7.05 Å². The summed E-state index contributed by atoms with van der Waals surface area (Å²) in [6.07, 6.45) is 7.57. The quantitative estimate of drug-likeness (QED) is 0.765. The molecule has 0 saturated carbocycles. The number of amides is 3. The first kappa shape index (κ1) is 22.0. The molecule has 0 bridgehead atoms. The van der Waals surface area contributed by atoms with E-state index in [4.69, 9.17) is 0 Å². The van der Waals surface area contributed by atoms with Gasteiger partial charge in [-0.25, -0.2) is 0 Å². The summed E-state index contributed by atoms with van der Waals surface area (Å²) in [7, 11) is 1.87. The Bertz CT molecular complexity index is 1010. The fourth-order valence-electron chi connectivity index (χ4n) is 4.54. The van der Waals surface area contributed by atoms with Crippen molar-refractivity contribution in [1.82, 2.24) is 29.9 Å². The molecule has 4 rings (SSSR count). The summed E-state index contributed by atoms with van der Waals surface area (Å²) in [6, 6.07) is 3.91. The SMILES string of the molecule is Cn1cc(-c2ccc(C3CCCN3C(=O)CCC(=O)N3CCNC(=O)C3(C)C)nc2)cn1. The summed E-state index contributed by atoms with van der Waals surface area (Å²) in [6.45, 7) is 5.04. The zero-order valence-corrected chi connectivity index (χ0v) is 18.9. The molecule has 0 spiro atoms. The number of carbonyl (C=O) groups excluding carboxylic acids is 3. The van der Waals surface area contributed by atoms with Crippen LogP contribution in [0.25, 0.3) is 11.1 Å². The van der Waals surface area contributed by atoms with Crippen molar-refractivity contribution in [2.45, 2.75) is 51.1 Å². The molecule has 3 amide bonds. The second-order valence-electron chi connectivity index (χ2n) is 8.98. The molecule has 1 N–H and O–H groups in total. The molecule has 0 radical (unpaired) electrons. The van der Waals surface area contributed by atoms with Crippen molar-refractivity contribution < 1.29 is 14.4 Å². The highest BCUT2D eigenvalue weighted by Crippen LogP contribution is 2.32. The van der Waals surface area contributed by atoms with E-state index in [0.29, 0.717) is 19.6 Å². The second-order valence-corrected chi connectivity index (χ2v) is 8.98. The molecule has 0 aromatic carbocycles. The fraction of sp³-hybridized carbons (Fsp3) is 0.522. The minimum absolute atomic E-state index is 0.0433. The Morgan fingerprint density at radius 3 is 2.59 bits per heavy atom. The minimum atomic E-state index is -0.894. The standard InChI is InChI=1S/C23H30N6O3/c1-23(2)22(32)24-10-12-29(23)21(31)9-8-20(30)28-11-4-5-19(28)18-7-6-16(13-25-18)17-14-26-27(3)15-17/h6-7,13-15,19H,4-5,8-12H2,1-3H3,(H,24,32). The third kappa shape index (κ3) is 4.24. The van der Waals surface area contributed by atoms with E-state index in [0.717, 1.165) is 29.7 Å². The number of aryl methyl sites for hydroxylation is 1. The van der Waals surface area contributed by atoms with E-state index in [1.165, 1.54) is 0 Å². The van der Waals surface area contributed by atoms with Gasteiger partial charge in [0.2, 0.25) is 17.7 Å². The Hall–Kier alpha value is -3.23. The molecule has 9 nitrogen and oxygen atoms in total. The molecule has 4 heterocycles. The molecule has 1 atom stereocenters. The molecule has 1 unspecified atom stereocenters. The van der Waals surface area contributed by atoms with Crippen LogP contribution in [0.4, 0.5) is 0 Å². The van der Waals surface area contributed by atoms with Crippen LogP contribution < -0.4 is 5.32 Å². The van der Waals surface area contributed by atoms with Gasteiger partial charge in [-0.2, -0.15) is 5.10 Å². The molecular formula is C23H30N6O3. The van der Waals surface area contributed by atoms with Gasteiger partial charge < -0.3 is 15.1 Å². The molecule has 2 aliphatic rings. The van der Waals surface area contributed by atoms with Crippen molar-refractivity contribution in [3.05, 3.63) is 36.4 Å². The molecular weight excluding hydrogens is 408 g/mol. The van der Waals surface area contributed by atoms with Gasteiger partial charge in [0.25, 0.3) is 0 Å². The number of aromatic nitrogens is 3. The van der Waals surface area contributed by atoms with Crippen molar-refractivity contribution >= 4 is 17.7 Å². The Balaban J connectivity index is 1.38. The monoisotopic (exact) mass is 438 g/mol. The van der Waals surface area contributed by atoms with Crippen LogP contribution in [-0.2, 0) is 21.4 Å². The van der Waals surface area contributed by atoms with E-state index >= 15 is 0 Å². The highest BCUT2D eigenvalue weighted by atomic mass is 16.2. The van der Waals surface area contributed by atoms with Crippen LogP contribution in [0.5, 0.6) is 0 Å². The van der Waals surface area contributed by atoms with Gasteiger partial charge >= 0.3 is 0 Å². The number of nitrogens with zero attached hydrogens (tertiary/aromatic N) is 5. The lowest BCUT2D eigenvalue weighted by Gasteiger charge is -2.41. The molecule has 2 aromatic heterocycles. The normalized spacial score (nSPS) is 20.3. The summed E-state index contributed by atoms with van der Waals surface area (Å²) < 4.78 is 1.75. The fourth-order valence-corrected chi connectivity index (χ4v) is 4.54. The van der Waals surface area contributed by atoms with Crippen LogP contribution in [0, 0.1) is 0 Å². The number of hydrogen-bond acceptors (Lipinski definition) is 5. The van der Waals surface area contributed by atoms with Crippen molar-refractivity contribution in [3.63, 3.8) is 0 Å². The largest absolute Gasteiger partial charge is 0.352 e. The third-order valence-corrected chi connectivity index (χ3v) is 6.44. The van der Waals surface area contributed by atoms with E-state index < -0.39 is 5.54 Å². The molecule has 2 saturated heterocycles. The van der Waals surface area contributed by atoms with Crippen LogP contribution in [0.15, 0.2) is 30.7 Å². The summed E-state index contributed by atoms with van der Waals surface area (Å²) in [5.74, 6) is -0.366. The van der Waals surface area contributed by atoms with Gasteiger partial charge in [-0.1, -0.05) is 6.07 Å². The highest BCUT2D eigenvalue weighted by molar-refractivity contribution is 5.93. The number of likely N-dealkylation sites (tertiary alicyclic amines) is 1. The number of rotatable bonds is 5. The molecule has 2 fully saturated rings. The predicted molar refractivity (Wildman–Crippen MR) is 118 cm³/mol. The summed E-state index contributed by atoms with van der Waals surface area (Å²) in [5, 5.41) is 6.98. The topological polar surface area (TPSA) is 100 Å². The Morgan fingerprint density at radius 2 is 1.91 bits per heavy atom. The zero-order chi connectivity index (χ0) is 22.9. The van der Waals surface area contributed by atoms with Gasteiger partial charge in [0.05, 0.1) is 17.9 Å². The zero-order valence-electron chi connectivity index (χ0n) is 18.9. The van der Waals surface area contributed by atoms with Crippen LogP contribution in [0.1, 0.15) is 51.3 Å². The average molecular weight is 439 g/mol. The lowest BCUT2D eigenvalue weighted by atomic mass is 9.98. The lowest BCUT2D eigenvalue weighted by molar-refractivity contribution is -0.150. The van der Waals surface area contributed by atoms with Crippen LogP contribution >= 0.6 is 0 Å². The number of nitrogens with one attached hydrogen (secondary N) is 1. The van der Waals surface area contributed by atoms with E-state index in [9.17, 15) is 14.4 Å². The van der Waals surface area contributed by atoms with Crippen molar-refractivity contribution in [2.75, 3.05) is 19.6 Å². The first-order valence-corrected chi connectivity index (χ1v) is 11.1. The van der Waals surface area contributed by atoms with E-state index in [1.807, 2.05) is 36.5 Å². The molecule has 170 valence electrons. The van der Waals surface area contributed by atoms with Gasteiger partial charge in [0.1, 0.15) is 5.54 Å². The van der Waals surface area contributed by atoms with Gasteiger partial charge in [-0.15, -0.1) is 0 Å². The summed E-state index contributed by atoms with van der Waals surface area (Å²) in [5.41, 5.74) is 1.95. The smallest absolute Gasteiger partial charge is 0.245 e. The van der Waals surface area contributed by atoms with E-state index in [-0.39, 0.29) is 36.6 Å². The lowest BCUT2D eigenvalue weighted by Crippen LogP contribution is -2.63. The number of pyridine rings is 1. The predicted octanol–water partition coefficient (Wildman–Crippen LogP) is 1.66. The first-order valence-electron chi connectivity index (χ1n) is 11.1. The first-order chi connectivity index (χ1) is 15.3. The maximum atomic E-state index is 13.0. The molecule has 0 aliphatic carbocycles. The molecule has 2 aromatic rings. The summed E-state index contributed by atoms with van der Waals surface area (Å²) in [4.78, 5) is 45.9. The number of piperazine rings is 1. The highest BCUT2D eigenvalue weighted by Gasteiger charge is 2.40. The maximum absolute atomic E-state index is 13.0. The minimum Gasteiger partial charge on any atom is -0.352 e. The number of hydrogen-bond donors (Lipinski definition) is 1. The molecule has 9 heteroatoms. The second kappa shape index (κ2) is 8.72. The maximum Gasteiger partial charge on any atom is 0.245 e. The molecule has 2 aliphatic heterocycles. The average Bonchev–Trinajstić information content (AvgIpc) is 3.43. The van der Waals surface area contributed by atoms with Gasteiger partial charge in [-0.3, -0.25) is 24.0 Å². The van der Waals surface area contributed by atoms with Crippen LogP contribution in [0.3, 0.4) is 0 Å². The van der Waals surface area contributed by atoms with Crippen LogP contribution in [0.2, 0.25) is 0 Å². The van der Waals surface area contributed by atoms with Crippen molar-refractivity contribution in [3.8, 4) is 11.1 Å². The van der Waals surface area contributed by atoms with Gasteiger partial charge in [-0.05, 0) is 32.8 Å². The third-order valence-electron chi connectivity index (χ3n) is 6.44. The Labute approximate surface area is 187 Å². The van der Waals surface area contributed by atoms with Crippen molar-refractivity contribution in [1.29, 1.82) is 0 Å². The van der Waals surface area contributed by atoms with E-state index in [1.54, 1.807) is 29.6 Å². The van der Waals surface area contributed by atoms with E-state index in [2.05, 4.69) is 15.4 Å². The van der Waals surface area contributed by atoms with Gasteiger partial charge in [0.15, 0.2) is 0 Å². The van der Waals surface area contributed by atoms with Crippen LogP contribution in [-0.4, -0.2) is 67.5 Å². The Morgan fingerprint density at radius 1 is 1.12 bits per heavy atom. The number of carbonyl (C=O) groups is 3. The molecule has 32 heavy (non-hydrogen) atoms. The van der Waals surface area contributed by atoms with Gasteiger partial charge in [0, 0.05) is 63.0 Å². The summed E-state index contributed by atoms with van der Waals surface area (Å²) >= 11 is 0. The Kier molecular flexibility index (Phi) is 5.99.